The largest absolute Gasteiger partial charge is 0.331 e. The molecule has 0 aliphatic heterocycles. The zero-order chi connectivity index (χ0) is 14.9. The lowest BCUT2D eigenvalue weighted by Crippen LogP contribution is -2.35. The van der Waals surface area contributed by atoms with Gasteiger partial charge in [0.1, 0.15) is 0 Å². The molecule has 0 spiro atoms. The van der Waals surface area contributed by atoms with Gasteiger partial charge in [-0.2, -0.15) is 8.42 Å². The third kappa shape index (κ3) is 17.1. The number of hydrogen-bond donors (Lipinski definition) is 1. The molecule has 1 rings (SSSR count). The summed E-state index contributed by atoms with van der Waals surface area (Å²) in [5, 5.41) is 0. The zero-order valence-corrected chi connectivity index (χ0v) is 13.2. The van der Waals surface area contributed by atoms with E-state index in [4.69, 9.17) is 4.55 Å². The lowest BCUT2D eigenvalue weighted by Gasteiger charge is -2.23. The highest BCUT2D eigenvalue weighted by Gasteiger charge is 2.05. The van der Waals surface area contributed by atoms with Gasteiger partial charge in [0.25, 0.3) is 10.1 Å². The minimum absolute atomic E-state index is 0.715. The van der Waals surface area contributed by atoms with E-state index in [1.807, 2.05) is 0 Å². The Kier molecular flexibility index (Phi) is 7.90. The van der Waals surface area contributed by atoms with Gasteiger partial charge in [-0.05, 0) is 24.8 Å². The van der Waals surface area contributed by atoms with Gasteiger partial charge < -0.3 is 4.48 Å². The summed E-state index contributed by atoms with van der Waals surface area (Å²) in [5.74, 6) is 0. The minimum Gasteiger partial charge on any atom is -0.331 e. The molecule has 0 heterocycles. The van der Waals surface area contributed by atoms with Crippen LogP contribution in [0.2, 0.25) is 0 Å². The number of aryl methyl sites for hydroxylation is 1. The SMILES string of the molecule is CS(=O)(=O)O.C[N+](C)(C)CCCCc1ccccc1. The molecule has 1 aromatic rings. The average Bonchev–Trinajstić information content (AvgIpc) is 2.22. The lowest BCUT2D eigenvalue weighted by atomic mass is 10.1. The maximum Gasteiger partial charge on any atom is 0.261 e. The maximum absolute atomic E-state index is 9.19. The predicted octanol–water partition coefficient (Wildman–Crippen LogP) is 2.22. The molecular weight excluding hydrogens is 262 g/mol. The van der Waals surface area contributed by atoms with Gasteiger partial charge in [0.05, 0.1) is 33.9 Å². The Bertz CT molecular complexity index is 428. The van der Waals surface area contributed by atoms with E-state index in [0.29, 0.717) is 6.26 Å². The number of unbranched alkanes of at least 4 members (excludes halogenated alkanes) is 1. The molecular formula is C14H26NO3S+. The van der Waals surface area contributed by atoms with Crippen molar-refractivity contribution in [1.82, 2.24) is 0 Å². The summed E-state index contributed by atoms with van der Waals surface area (Å²) in [6, 6.07) is 10.7. The Hall–Kier alpha value is -0.910. The van der Waals surface area contributed by atoms with Crippen molar-refractivity contribution in [1.29, 1.82) is 0 Å². The molecule has 0 aliphatic carbocycles. The molecule has 0 fully saturated rings. The third-order valence-electron chi connectivity index (χ3n) is 2.39. The van der Waals surface area contributed by atoms with Gasteiger partial charge in [0.2, 0.25) is 0 Å². The Morgan fingerprint density at radius 1 is 1.05 bits per heavy atom. The van der Waals surface area contributed by atoms with Gasteiger partial charge in [-0.3, -0.25) is 4.55 Å². The van der Waals surface area contributed by atoms with Crippen molar-refractivity contribution in [2.24, 2.45) is 0 Å². The second-order valence-electron chi connectivity index (χ2n) is 5.69. The highest BCUT2D eigenvalue weighted by Crippen LogP contribution is 2.05. The molecule has 1 aromatic carbocycles. The highest BCUT2D eigenvalue weighted by atomic mass is 32.2. The first kappa shape index (κ1) is 18.1. The number of benzene rings is 1. The number of quaternary nitrogens is 1. The Morgan fingerprint density at radius 3 is 1.95 bits per heavy atom. The van der Waals surface area contributed by atoms with E-state index in [-0.39, 0.29) is 0 Å². The van der Waals surface area contributed by atoms with Crippen LogP contribution in [0.25, 0.3) is 0 Å². The normalized spacial score (nSPS) is 11.6. The molecule has 110 valence electrons. The quantitative estimate of drug-likeness (QED) is 0.513. The Morgan fingerprint density at radius 2 is 1.53 bits per heavy atom. The first-order valence-corrected chi connectivity index (χ1v) is 8.19. The summed E-state index contributed by atoms with van der Waals surface area (Å²) in [6.45, 7) is 1.27. The standard InChI is InChI=1S/C13H22N.CH4O3S/c1-14(2,3)12-8-7-11-13-9-5-4-6-10-13;1-5(2,3)4/h4-6,9-10H,7-8,11-12H2,1-3H3;1H3,(H,2,3,4)/q+1;. The van der Waals surface area contributed by atoms with Crippen LogP contribution < -0.4 is 0 Å². The summed E-state index contributed by atoms with van der Waals surface area (Å²) in [4.78, 5) is 0. The van der Waals surface area contributed by atoms with Crippen LogP contribution in [0, 0.1) is 0 Å². The van der Waals surface area contributed by atoms with E-state index in [2.05, 4.69) is 51.5 Å². The second-order valence-corrected chi connectivity index (χ2v) is 7.16. The molecule has 5 heteroatoms. The summed E-state index contributed by atoms with van der Waals surface area (Å²) in [7, 11) is 3.09. The topological polar surface area (TPSA) is 54.4 Å². The molecule has 0 aromatic heterocycles. The van der Waals surface area contributed by atoms with Crippen molar-refractivity contribution in [2.45, 2.75) is 19.3 Å². The van der Waals surface area contributed by atoms with E-state index in [1.165, 1.54) is 31.4 Å². The first-order valence-electron chi connectivity index (χ1n) is 6.35. The van der Waals surface area contributed by atoms with Gasteiger partial charge in [-0.15, -0.1) is 0 Å². The minimum atomic E-state index is -3.67. The van der Waals surface area contributed by atoms with Crippen LogP contribution in [-0.4, -0.2) is 51.4 Å². The molecule has 1 N–H and O–H groups in total. The number of rotatable bonds is 5. The van der Waals surface area contributed by atoms with Crippen molar-refractivity contribution in [3.8, 4) is 0 Å². The second kappa shape index (κ2) is 8.30. The van der Waals surface area contributed by atoms with Crippen molar-refractivity contribution in [3.05, 3.63) is 35.9 Å². The van der Waals surface area contributed by atoms with Gasteiger partial charge >= 0.3 is 0 Å². The van der Waals surface area contributed by atoms with Crippen molar-refractivity contribution in [2.75, 3.05) is 33.9 Å². The van der Waals surface area contributed by atoms with Crippen LogP contribution >= 0.6 is 0 Å². The van der Waals surface area contributed by atoms with Crippen LogP contribution in [-0.2, 0) is 16.5 Å². The Labute approximate surface area is 117 Å². The van der Waals surface area contributed by atoms with Crippen LogP contribution in [0.5, 0.6) is 0 Å². The molecule has 0 unspecified atom stereocenters. The van der Waals surface area contributed by atoms with Gasteiger partial charge in [0.15, 0.2) is 0 Å². The summed E-state index contributed by atoms with van der Waals surface area (Å²) < 4.78 is 26.9. The third-order valence-corrected chi connectivity index (χ3v) is 2.39. The zero-order valence-electron chi connectivity index (χ0n) is 12.3. The molecule has 0 aliphatic rings. The van der Waals surface area contributed by atoms with Crippen molar-refractivity contribution in [3.63, 3.8) is 0 Å². The predicted molar refractivity (Wildman–Crippen MR) is 79.8 cm³/mol. The van der Waals surface area contributed by atoms with E-state index in [9.17, 15) is 8.42 Å². The van der Waals surface area contributed by atoms with Crippen molar-refractivity contribution < 1.29 is 17.5 Å². The molecule has 0 atom stereocenters. The number of hydrogen-bond acceptors (Lipinski definition) is 2. The first-order chi connectivity index (χ1) is 8.58. The molecule has 0 amide bonds. The summed E-state index contributed by atoms with van der Waals surface area (Å²) in [6.07, 6.45) is 4.56. The fourth-order valence-electron chi connectivity index (χ4n) is 1.56. The smallest absolute Gasteiger partial charge is 0.261 e. The fraction of sp³-hybridized carbons (Fsp3) is 0.571. The van der Waals surface area contributed by atoms with Gasteiger partial charge in [0, 0.05) is 0 Å². The van der Waals surface area contributed by atoms with E-state index in [1.54, 1.807) is 0 Å². The summed E-state index contributed by atoms with van der Waals surface area (Å²) >= 11 is 0. The summed E-state index contributed by atoms with van der Waals surface area (Å²) in [5.41, 5.74) is 1.47. The van der Waals surface area contributed by atoms with Gasteiger partial charge in [-0.1, -0.05) is 30.3 Å². The van der Waals surface area contributed by atoms with Crippen LogP contribution in [0.3, 0.4) is 0 Å². The van der Waals surface area contributed by atoms with Gasteiger partial charge in [-0.25, -0.2) is 0 Å². The van der Waals surface area contributed by atoms with Crippen LogP contribution in [0.1, 0.15) is 18.4 Å². The molecule has 0 saturated carbocycles. The van der Waals surface area contributed by atoms with Crippen LogP contribution in [0.4, 0.5) is 0 Å². The van der Waals surface area contributed by atoms with E-state index < -0.39 is 10.1 Å². The molecule has 19 heavy (non-hydrogen) atoms. The maximum atomic E-state index is 9.19. The van der Waals surface area contributed by atoms with Crippen molar-refractivity contribution >= 4 is 10.1 Å². The van der Waals surface area contributed by atoms with E-state index in [0.717, 1.165) is 4.48 Å². The lowest BCUT2D eigenvalue weighted by molar-refractivity contribution is -0.870. The molecule has 0 bridgehead atoms. The monoisotopic (exact) mass is 288 g/mol. The number of nitrogens with zero attached hydrogens (tertiary/aromatic N) is 1. The molecule has 0 saturated heterocycles. The van der Waals surface area contributed by atoms with E-state index >= 15 is 0 Å². The van der Waals surface area contributed by atoms with Crippen LogP contribution in [0.15, 0.2) is 30.3 Å². The Balaban J connectivity index is 0.000000555. The molecule has 4 nitrogen and oxygen atoms in total. The highest BCUT2D eigenvalue weighted by molar-refractivity contribution is 7.85. The average molecular weight is 288 g/mol. The fourth-order valence-corrected chi connectivity index (χ4v) is 1.56. The molecule has 0 radical (unpaired) electrons.